The number of nitrogens with one attached hydrogen (secondary N) is 2. The van der Waals surface area contributed by atoms with Crippen LogP contribution in [0.15, 0.2) is 48.5 Å². The number of hydrogen-bond acceptors (Lipinski definition) is 1. The summed E-state index contributed by atoms with van der Waals surface area (Å²) >= 11 is 0. The number of rotatable bonds is 36. The lowest BCUT2D eigenvalue weighted by Gasteiger charge is -2.09. The standard InChI is InChI=1S/C49H84N2O/c1-3-5-7-9-11-13-15-17-19-21-23-25-27-29-31-33-35-45-37-41-47(42-38-45)50-49(52)51-48-43-39-46(40-44-48)36-34-32-30-28-26-24-22-20-18-16-14-12-10-8-6-4-2/h37-44H,3-36H2,1-2H3,(H2,50,51,52). The zero-order valence-corrected chi connectivity index (χ0v) is 34.6. The number of unbranched alkanes of at least 4 members (excludes halogenated alkanes) is 30. The zero-order chi connectivity index (χ0) is 37.0. The lowest BCUT2D eigenvalue weighted by atomic mass is 10.0. The van der Waals surface area contributed by atoms with Crippen LogP contribution in [0.3, 0.4) is 0 Å². The zero-order valence-electron chi connectivity index (χ0n) is 34.6. The highest BCUT2D eigenvalue weighted by Gasteiger charge is 2.04. The molecule has 296 valence electrons. The maximum absolute atomic E-state index is 12.6. The second-order valence-electron chi connectivity index (χ2n) is 16.1. The average molecular weight is 717 g/mol. The van der Waals surface area contributed by atoms with Crippen LogP contribution in [0.1, 0.15) is 230 Å². The van der Waals surface area contributed by atoms with Crippen LogP contribution in [0.5, 0.6) is 0 Å². The molecule has 0 aliphatic carbocycles. The highest BCUT2D eigenvalue weighted by molar-refractivity contribution is 5.99. The Hall–Kier alpha value is -2.29. The van der Waals surface area contributed by atoms with Crippen molar-refractivity contribution in [3.63, 3.8) is 0 Å². The van der Waals surface area contributed by atoms with Crippen molar-refractivity contribution in [3.05, 3.63) is 59.7 Å². The molecule has 0 bridgehead atoms. The largest absolute Gasteiger partial charge is 0.323 e. The summed E-state index contributed by atoms with van der Waals surface area (Å²) in [6.07, 6.45) is 47.2. The van der Waals surface area contributed by atoms with E-state index in [0.29, 0.717) is 0 Å². The molecular formula is C49H84N2O. The summed E-state index contributed by atoms with van der Waals surface area (Å²) in [5.74, 6) is 0. The van der Waals surface area contributed by atoms with Crippen LogP contribution in [0, 0.1) is 0 Å². The van der Waals surface area contributed by atoms with E-state index in [2.05, 4.69) is 48.7 Å². The van der Waals surface area contributed by atoms with Gasteiger partial charge in [0.25, 0.3) is 0 Å². The predicted molar refractivity (Wildman–Crippen MR) is 232 cm³/mol. The molecule has 2 N–H and O–H groups in total. The fraction of sp³-hybridized carbons (Fsp3) is 0.735. The minimum Gasteiger partial charge on any atom is -0.308 e. The van der Waals surface area contributed by atoms with Gasteiger partial charge in [0.05, 0.1) is 0 Å². The van der Waals surface area contributed by atoms with E-state index < -0.39 is 0 Å². The van der Waals surface area contributed by atoms with Crippen molar-refractivity contribution in [2.75, 3.05) is 10.6 Å². The van der Waals surface area contributed by atoms with Crippen LogP contribution in [0.25, 0.3) is 0 Å². The Morgan fingerprint density at radius 2 is 0.538 bits per heavy atom. The van der Waals surface area contributed by atoms with E-state index in [1.807, 2.05) is 24.3 Å². The molecule has 2 rings (SSSR count). The van der Waals surface area contributed by atoms with Gasteiger partial charge in [-0.1, -0.05) is 231 Å². The Morgan fingerprint density at radius 1 is 0.327 bits per heavy atom. The van der Waals surface area contributed by atoms with Gasteiger partial charge in [-0.05, 0) is 61.1 Å². The summed E-state index contributed by atoms with van der Waals surface area (Å²) in [4.78, 5) is 12.6. The summed E-state index contributed by atoms with van der Waals surface area (Å²) in [7, 11) is 0. The van der Waals surface area contributed by atoms with Crippen molar-refractivity contribution in [2.24, 2.45) is 0 Å². The first-order valence-corrected chi connectivity index (χ1v) is 23.0. The average Bonchev–Trinajstić information content (AvgIpc) is 3.15. The van der Waals surface area contributed by atoms with Crippen LogP contribution < -0.4 is 10.6 Å². The molecule has 0 atom stereocenters. The Morgan fingerprint density at radius 3 is 0.769 bits per heavy atom. The maximum Gasteiger partial charge on any atom is 0.323 e. The van der Waals surface area contributed by atoms with Crippen molar-refractivity contribution in [1.29, 1.82) is 0 Å². The Bertz CT molecular complexity index is 963. The van der Waals surface area contributed by atoms with E-state index in [0.717, 1.165) is 24.2 Å². The fourth-order valence-electron chi connectivity index (χ4n) is 7.56. The molecule has 0 aromatic heterocycles. The lowest BCUT2D eigenvalue weighted by molar-refractivity contribution is 0.262. The number of hydrogen-bond donors (Lipinski definition) is 2. The summed E-state index contributed by atoms with van der Waals surface area (Å²) in [6.45, 7) is 4.59. The van der Waals surface area contributed by atoms with E-state index in [4.69, 9.17) is 0 Å². The van der Waals surface area contributed by atoms with Crippen LogP contribution in [-0.2, 0) is 12.8 Å². The number of aryl methyl sites for hydroxylation is 2. The molecule has 0 heterocycles. The Kier molecular flexibility index (Phi) is 30.4. The van der Waals surface area contributed by atoms with Gasteiger partial charge in [0, 0.05) is 11.4 Å². The third-order valence-electron chi connectivity index (χ3n) is 11.1. The molecule has 0 aliphatic heterocycles. The highest BCUT2D eigenvalue weighted by Crippen LogP contribution is 2.18. The predicted octanol–water partition coefficient (Wildman–Crippen LogP) is 16.9. The van der Waals surface area contributed by atoms with Crippen molar-refractivity contribution in [3.8, 4) is 0 Å². The van der Waals surface area contributed by atoms with Gasteiger partial charge in [0.2, 0.25) is 0 Å². The van der Waals surface area contributed by atoms with E-state index in [-0.39, 0.29) is 6.03 Å². The minimum absolute atomic E-state index is 0.184. The van der Waals surface area contributed by atoms with E-state index in [1.165, 1.54) is 217 Å². The minimum atomic E-state index is -0.184. The van der Waals surface area contributed by atoms with Gasteiger partial charge in [-0.3, -0.25) is 0 Å². The topological polar surface area (TPSA) is 41.1 Å². The first kappa shape index (κ1) is 45.9. The van der Waals surface area contributed by atoms with Gasteiger partial charge in [0.15, 0.2) is 0 Å². The molecule has 3 heteroatoms. The summed E-state index contributed by atoms with van der Waals surface area (Å²) < 4.78 is 0. The van der Waals surface area contributed by atoms with Crippen LogP contribution in [0.2, 0.25) is 0 Å². The number of urea groups is 1. The SMILES string of the molecule is CCCCCCCCCCCCCCCCCCc1ccc(NC(=O)Nc2ccc(CCCCCCCCCCCCCCCCCC)cc2)cc1. The molecule has 0 saturated carbocycles. The second-order valence-corrected chi connectivity index (χ2v) is 16.1. The van der Waals surface area contributed by atoms with Crippen LogP contribution in [-0.4, -0.2) is 6.03 Å². The first-order chi connectivity index (χ1) is 25.7. The van der Waals surface area contributed by atoms with Crippen LogP contribution in [0.4, 0.5) is 16.2 Å². The molecule has 3 nitrogen and oxygen atoms in total. The van der Waals surface area contributed by atoms with Crippen molar-refractivity contribution in [1.82, 2.24) is 0 Å². The van der Waals surface area contributed by atoms with Crippen LogP contribution >= 0.6 is 0 Å². The van der Waals surface area contributed by atoms with Gasteiger partial charge in [0.1, 0.15) is 0 Å². The lowest BCUT2D eigenvalue weighted by Crippen LogP contribution is -2.19. The highest BCUT2D eigenvalue weighted by atomic mass is 16.2. The van der Waals surface area contributed by atoms with Gasteiger partial charge in [-0.15, -0.1) is 0 Å². The van der Waals surface area contributed by atoms with Crippen molar-refractivity contribution < 1.29 is 4.79 Å². The molecule has 0 saturated heterocycles. The number of carbonyl (C=O) groups is 1. The van der Waals surface area contributed by atoms with Gasteiger partial charge in [-0.2, -0.15) is 0 Å². The maximum atomic E-state index is 12.6. The first-order valence-electron chi connectivity index (χ1n) is 23.0. The molecule has 2 aromatic carbocycles. The van der Waals surface area contributed by atoms with E-state index >= 15 is 0 Å². The molecule has 0 radical (unpaired) electrons. The van der Waals surface area contributed by atoms with Crippen molar-refractivity contribution >= 4 is 17.4 Å². The molecule has 2 aromatic rings. The Balaban J connectivity index is 1.40. The van der Waals surface area contributed by atoms with E-state index in [1.54, 1.807) is 0 Å². The second kappa shape index (κ2) is 34.5. The molecule has 52 heavy (non-hydrogen) atoms. The molecule has 0 spiro atoms. The normalized spacial score (nSPS) is 11.3. The molecule has 0 unspecified atom stereocenters. The monoisotopic (exact) mass is 717 g/mol. The number of carbonyl (C=O) groups excluding carboxylic acids is 1. The molecule has 0 fully saturated rings. The fourth-order valence-corrected chi connectivity index (χ4v) is 7.56. The van der Waals surface area contributed by atoms with E-state index in [9.17, 15) is 4.79 Å². The smallest absolute Gasteiger partial charge is 0.308 e. The molecule has 2 amide bonds. The third kappa shape index (κ3) is 27.3. The van der Waals surface area contributed by atoms with Gasteiger partial charge in [-0.25, -0.2) is 4.79 Å². The number of anilines is 2. The van der Waals surface area contributed by atoms with Crippen molar-refractivity contribution in [2.45, 2.75) is 232 Å². The number of amides is 2. The Labute approximate surface area is 323 Å². The summed E-state index contributed by atoms with van der Waals surface area (Å²) in [5.41, 5.74) is 4.40. The third-order valence-corrected chi connectivity index (χ3v) is 11.1. The van der Waals surface area contributed by atoms with Gasteiger partial charge < -0.3 is 10.6 Å². The summed E-state index contributed by atoms with van der Waals surface area (Å²) in [5, 5.41) is 5.98. The quantitative estimate of drug-likeness (QED) is 0.0677. The molecule has 0 aliphatic rings. The molecular weight excluding hydrogens is 633 g/mol. The van der Waals surface area contributed by atoms with Gasteiger partial charge >= 0.3 is 6.03 Å². The summed E-state index contributed by atoms with van der Waals surface area (Å²) in [6, 6.07) is 16.6. The number of benzene rings is 2.